The Labute approximate surface area is 113 Å². The second kappa shape index (κ2) is 6.12. The lowest BCUT2D eigenvalue weighted by atomic mass is 10.1. The first kappa shape index (κ1) is 13.3. The van der Waals surface area contributed by atoms with Gasteiger partial charge in [-0.15, -0.1) is 11.8 Å². The van der Waals surface area contributed by atoms with Crippen LogP contribution in [0, 0.1) is 11.3 Å². The minimum absolute atomic E-state index is 0.555. The molecule has 0 saturated carbocycles. The molecule has 1 atom stereocenters. The summed E-state index contributed by atoms with van der Waals surface area (Å²) in [7, 11) is 2.07. The molecule has 3 nitrogen and oxygen atoms in total. The van der Waals surface area contributed by atoms with Gasteiger partial charge in [0.25, 0.3) is 0 Å². The fourth-order valence-electron chi connectivity index (χ4n) is 2.46. The van der Waals surface area contributed by atoms with E-state index in [1.54, 1.807) is 11.8 Å². The Kier molecular flexibility index (Phi) is 4.51. The molecule has 0 amide bonds. The van der Waals surface area contributed by atoms with E-state index < -0.39 is 0 Å². The molecule has 1 aliphatic rings. The Morgan fingerprint density at radius 2 is 2.39 bits per heavy atom. The summed E-state index contributed by atoms with van der Waals surface area (Å²) in [5.74, 6) is 0. The Morgan fingerprint density at radius 3 is 3.00 bits per heavy atom. The number of nitrogens with zero attached hydrogens (tertiary/aromatic N) is 2. The minimum atomic E-state index is 0.555. The van der Waals surface area contributed by atoms with Crippen molar-refractivity contribution in [1.29, 1.82) is 5.26 Å². The fraction of sp³-hybridized carbons (Fsp3) is 0.500. The minimum Gasteiger partial charge on any atom is -0.372 e. The van der Waals surface area contributed by atoms with Crippen molar-refractivity contribution in [2.45, 2.75) is 23.8 Å². The number of likely N-dealkylation sites (N-methyl/N-ethyl adjacent to an activating group) is 1. The molecule has 4 heteroatoms. The molecular weight excluding hydrogens is 242 g/mol. The van der Waals surface area contributed by atoms with Crippen LogP contribution in [-0.2, 0) is 0 Å². The standard InChI is InChI=1S/C14H19N3S/c1-17(10-11-5-4-8-16-11)13-6-3-7-14(18-2)12(13)9-15/h3,6-7,11,16H,4-5,8,10H2,1-2H3. The van der Waals surface area contributed by atoms with Crippen LogP contribution in [0.3, 0.4) is 0 Å². The molecule has 2 rings (SSSR count). The molecule has 1 aromatic rings. The Balaban J connectivity index is 2.18. The summed E-state index contributed by atoms with van der Waals surface area (Å²) in [6.07, 6.45) is 4.50. The summed E-state index contributed by atoms with van der Waals surface area (Å²) >= 11 is 1.63. The summed E-state index contributed by atoms with van der Waals surface area (Å²) in [5.41, 5.74) is 1.84. The van der Waals surface area contributed by atoms with E-state index in [1.807, 2.05) is 24.5 Å². The van der Waals surface area contributed by atoms with Crippen LogP contribution < -0.4 is 10.2 Å². The van der Waals surface area contributed by atoms with Gasteiger partial charge in [-0.3, -0.25) is 0 Å². The molecule has 1 fully saturated rings. The predicted molar refractivity (Wildman–Crippen MR) is 77.2 cm³/mol. The maximum absolute atomic E-state index is 9.33. The number of thioether (sulfide) groups is 1. The van der Waals surface area contributed by atoms with Gasteiger partial charge in [-0.25, -0.2) is 0 Å². The van der Waals surface area contributed by atoms with Crippen LogP contribution in [0.4, 0.5) is 5.69 Å². The molecule has 1 unspecified atom stereocenters. The second-order valence-electron chi connectivity index (χ2n) is 4.64. The van der Waals surface area contributed by atoms with Crippen LogP contribution in [0.2, 0.25) is 0 Å². The van der Waals surface area contributed by atoms with Gasteiger partial charge in [0.2, 0.25) is 0 Å². The van der Waals surface area contributed by atoms with Crippen molar-refractivity contribution in [3.8, 4) is 6.07 Å². The Morgan fingerprint density at radius 1 is 1.56 bits per heavy atom. The van der Waals surface area contributed by atoms with E-state index in [0.29, 0.717) is 6.04 Å². The third-order valence-electron chi connectivity index (χ3n) is 3.40. The van der Waals surface area contributed by atoms with Gasteiger partial charge in [-0.2, -0.15) is 5.26 Å². The van der Waals surface area contributed by atoms with E-state index in [2.05, 4.69) is 23.3 Å². The zero-order valence-corrected chi connectivity index (χ0v) is 11.8. The molecule has 18 heavy (non-hydrogen) atoms. The van der Waals surface area contributed by atoms with Crippen molar-refractivity contribution >= 4 is 17.4 Å². The molecule has 1 saturated heterocycles. The van der Waals surface area contributed by atoms with Gasteiger partial charge in [0.1, 0.15) is 6.07 Å². The highest BCUT2D eigenvalue weighted by Crippen LogP contribution is 2.28. The van der Waals surface area contributed by atoms with Gasteiger partial charge >= 0.3 is 0 Å². The molecule has 1 N–H and O–H groups in total. The highest BCUT2D eigenvalue weighted by Gasteiger charge is 2.18. The molecule has 0 aromatic heterocycles. The largest absolute Gasteiger partial charge is 0.372 e. The third-order valence-corrected chi connectivity index (χ3v) is 4.18. The highest BCUT2D eigenvalue weighted by atomic mass is 32.2. The normalized spacial score (nSPS) is 18.6. The first-order chi connectivity index (χ1) is 8.76. The molecular formula is C14H19N3S. The van der Waals surface area contributed by atoms with Crippen LogP contribution in [-0.4, -0.2) is 32.4 Å². The third kappa shape index (κ3) is 2.80. The Hall–Kier alpha value is -1.18. The van der Waals surface area contributed by atoms with E-state index in [1.165, 1.54) is 12.8 Å². The number of nitriles is 1. The first-order valence-electron chi connectivity index (χ1n) is 6.28. The van der Waals surface area contributed by atoms with Crippen LogP contribution >= 0.6 is 11.8 Å². The molecule has 0 bridgehead atoms. The van der Waals surface area contributed by atoms with Gasteiger partial charge in [0.15, 0.2) is 0 Å². The lowest BCUT2D eigenvalue weighted by Gasteiger charge is -2.24. The van der Waals surface area contributed by atoms with E-state index in [4.69, 9.17) is 0 Å². The van der Waals surface area contributed by atoms with E-state index in [0.717, 1.165) is 29.2 Å². The van der Waals surface area contributed by atoms with Gasteiger partial charge in [-0.1, -0.05) is 6.07 Å². The molecule has 0 aliphatic carbocycles. The summed E-state index contributed by atoms with van der Waals surface area (Å²) in [6, 6.07) is 8.96. The van der Waals surface area contributed by atoms with Crippen LogP contribution in [0.5, 0.6) is 0 Å². The van der Waals surface area contributed by atoms with E-state index in [9.17, 15) is 5.26 Å². The number of hydrogen-bond acceptors (Lipinski definition) is 4. The maximum atomic E-state index is 9.33. The maximum Gasteiger partial charge on any atom is 0.102 e. The summed E-state index contributed by atoms with van der Waals surface area (Å²) in [5, 5.41) is 12.8. The summed E-state index contributed by atoms with van der Waals surface area (Å²) < 4.78 is 0. The van der Waals surface area contributed by atoms with Crippen LogP contribution in [0.15, 0.2) is 23.1 Å². The first-order valence-corrected chi connectivity index (χ1v) is 7.50. The van der Waals surface area contributed by atoms with Gasteiger partial charge in [-0.05, 0) is 37.8 Å². The number of hydrogen-bond donors (Lipinski definition) is 1. The van der Waals surface area contributed by atoms with Crippen molar-refractivity contribution in [2.24, 2.45) is 0 Å². The summed E-state index contributed by atoms with van der Waals surface area (Å²) in [6.45, 7) is 2.08. The molecule has 1 aromatic carbocycles. The fourth-order valence-corrected chi connectivity index (χ4v) is 3.03. The zero-order chi connectivity index (χ0) is 13.0. The number of benzene rings is 1. The van der Waals surface area contributed by atoms with Crippen molar-refractivity contribution in [3.05, 3.63) is 23.8 Å². The van der Waals surface area contributed by atoms with Crippen LogP contribution in [0.1, 0.15) is 18.4 Å². The van der Waals surface area contributed by atoms with Gasteiger partial charge < -0.3 is 10.2 Å². The number of nitrogens with one attached hydrogen (secondary N) is 1. The smallest absolute Gasteiger partial charge is 0.102 e. The average Bonchev–Trinajstić information content (AvgIpc) is 2.90. The van der Waals surface area contributed by atoms with E-state index >= 15 is 0 Å². The number of anilines is 1. The number of rotatable bonds is 4. The molecule has 96 valence electrons. The zero-order valence-electron chi connectivity index (χ0n) is 10.9. The quantitative estimate of drug-likeness (QED) is 0.845. The SMILES string of the molecule is CSc1cccc(N(C)CC2CCCN2)c1C#N. The highest BCUT2D eigenvalue weighted by molar-refractivity contribution is 7.98. The topological polar surface area (TPSA) is 39.1 Å². The van der Waals surface area contributed by atoms with Gasteiger partial charge in [0, 0.05) is 24.5 Å². The van der Waals surface area contributed by atoms with E-state index in [-0.39, 0.29) is 0 Å². The van der Waals surface area contributed by atoms with Crippen molar-refractivity contribution in [2.75, 3.05) is 31.3 Å². The van der Waals surface area contributed by atoms with Crippen molar-refractivity contribution in [3.63, 3.8) is 0 Å². The van der Waals surface area contributed by atoms with Gasteiger partial charge in [0.05, 0.1) is 11.3 Å². The lowest BCUT2D eigenvalue weighted by molar-refractivity contribution is 0.599. The van der Waals surface area contributed by atoms with Crippen LogP contribution in [0.25, 0.3) is 0 Å². The van der Waals surface area contributed by atoms with Crippen molar-refractivity contribution in [1.82, 2.24) is 5.32 Å². The molecule has 1 heterocycles. The predicted octanol–water partition coefficient (Wildman–Crippen LogP) is 2.47. The average molecular weight is 261 g/mol. The lowest BCUT2D eigenvalue weighted by Crippen LogP contribution is -2.35. The Bertz CT molecular complexity index is 447. The monoisotopic (exact) mass is 261 g/mol. The van der Waals surface area contributed by atoms with Crippen molar-refractivity contribution < 1.29 is 0 Å². The summed E-state index contributed by atoms with van der Waals surface area (Å²) in [4.78, 5) is 3.25. The molecule has 0 radical (unpaired) electrons. The molecule has 1 aliphatic heterocycles. The second-order valence-corrected chi connectivity index (χ2v) is 5.49. The molecule has 0 spiro atoms.